The van der Waals surface area contributed by atoms with Gasteiger partial charge in [0.05, 0.1) is 6.61 Å². The number of amides is 1. The second-order valence-corrected chi connectivity index (χ2v) is 3.84. The van der Waals surface area contributed by atoms with Gasteiger partial charge in [0, 0.05) is 13.6 Å². The van der Waals surface area contributed by atoms with Gasteiger partial charge in [0.1, 0.15) is 24.4 Å². The summed E-state index contributed by atoms with van der Waals surface area (Å²) >= 11 is 3.49. The summed E-state index contributed by atoms with van der Waals surface area (Å²) in [5.74, 6) is 0. The van der Waals surface area contributed by atoms with E-state index in [4.69, 9.17) is 10.2 Å². The zero-order chi connectivity index (χ0) is 12.9. The molecule has 0 unspecified atom stereocenters. The van der Waals surface area contributed by atoms with E-state index in [2.05, 4.69) is 12.6 Å². The van der Waals surface area contributed by atoms with Crippen molar-refractivity contribution >= 4 is 17.9 Å². The van der Waals surface area contributed by atoms with Gasteiger partial charge in [-0.1, -0.05) is 12.6 Å². The van der Waals surface area contributed by atoms with E-state index in [9.17, 15) is 20.1 Å². The minimum absolute atomic E-state index is 0.251. The van der Waals surface area contributed by atoms with Gasteiger partial charge in [0.25, 0.3) is 5.24 Å². The highest BCUT2D eigenvalue weighted by Gasteiger charge is 2.30. The highest BCUT2D eigenvalue weighted by atomic mass is 32.1. The lowest BCUT2D eigenvalue weighted by Crippen LogP contribution is -2.49. The molecule has 0 aromatic carbocycles. The monoisotopic (exact) mass is 255 g/mol. The smallest absolute Gasteiger partial charge is 0.278 e. The van der Waals surface area contributed by atoms with E-state index in [1.54, 1.807) is 0 Å². The molecule has 0 aliphatic rings. The third-order valence-corrected chi connectivity index (χ3v) is 2.45. The molecule has 96 valence electrons. The van der Waals surface area contributed by atoms with Crippen LogP contribution < -0.4 is 0 Å². The second kappa shape index (κ2) is 7.05. The van der Waals surface area contributed by atoms with Crippen molar-refractivity contribution < 1.29 is 30.3 Å². The Morgan fingerprint density at radius 2 is 1.62 bits per heavy atom. The van der Waals surface area contributed by atoms with Crippen LogP contribution in [0.3, 0.4) is 0 Å². The maximum absolute atomic E-state index is 10.7. The van der Waals surface area contributed by atoms with Crippen LogP contribution in [0.15, 0.2) is 0 Å². The number of carbonyl (C=O) groups excluding carboxylic acids is 1. The summed E-state index contributed by atoms with van der Waals surface area (Å²) in [5.41, 5.74) is 0. The molecule has 0 saturated heterocycles. The van der Waals surface area contributed by atoms with Crippen LogP contribution in [0.5, 0.6) is 0 Å². The van der Waals surface area contributed by atoms with E-state index in [0.29, 0.717) is 0 Å². The van der Waals surface area contributed by atoms with Crippen LogP contribution in [-0.2, 0) is 0 Å². The molecule has 0 fully saturated rings. The lowest BCUT2D eigenvalue weighted by atomic mass is 10.0. The summed E-state index contributed by atoms with van der Waals surface area (Å²) in [6.07, 6.45) is -6.36. The van der Waals surface area contributed by atoms with Crippen molar-refractivity contribution in [3.05, 3.63) is 0 Å². The molecule has 16 heavy (non-hydrogen) atoms. The van der Waals surface area contributed by atoms with Crippen LogP contribution in [0.1, 0.15) is 0 Å². The first-order valence-corrected chi connectivity index (χ1v) is 5.03. The van der Waals surface area contributed by atoms with Crippen molar-refractivity contribution in [3.8, 4) is 0 Å². The van der Waals surface area contributed by atoms with Crippen molar-refractivity contribution in [1.82, 2.24) is 4.90 Å². The van der Waals surface area contributed by atoms with Crippen LogP contribution >= 0.6 is 12.6 Å². The number of hydrogen-bond donors (Lipinski definition) is 6. The second-order valence-electron chi connectivity index (χ2n) is 3.46. The number of carbonyl (C=O) groups is 1. The standard InChI is InChI=1S/C8H17NO6S/c1-9(8(15)16)2-4(11)6(13)7(14)5(12)3-10/h4-7,10-14H,2-3H2,1H3,(H,15,16)/t4-,5+,6+,7+/m0/s1. The first kappa shape index (κ1) is 15.6. The molecule has 5 N–H and O–H groups in total. The predicted octanol–water partition coefficient (Wildman–Crippen LogP) is -2.60. The van der Waals surface area contributed by atoms with E-state index in [-0.39, 0.29) is 6.54 Å². The molecule has 0 heterocycles. The number of nitrogens with zero attached hydrogens (tertiary/aromatic N) is 1. The van der Waals surface area contributed by atoms with Crippen LogP contribution in [0.25, 0.3) is 0 Å². The van der Waals surface area contributed by atoms with E-state index >= 15 is 0 Å². The third-order valence-electron chi connectivity index (χ3n) is 2.11. The van der Waals surface area contributed by atoms with Crippen molar-refractivity contribution in [2.45, 2.75) is 24.4 Å². The topological polar surface area (TPSA) is 121 Å². The van der Waals surface area contributed by atoms with E-state index in [1.165, 1.54) is 7.05 Å². The average Bonchev–Trinajstić information content (AvgIpc) is 2.25. The predicted molar refractivity (Wildman–Crippen MR) is 58.1 cm³/mol. The number of aliphatic hydroxyl groups is 5. The molecule has 0 aromatic heterocycles. The summed E-state index contributed by atoms with van der Waals surface area (Å²) in [5, 5.41) is 45.0. The molecule has 4 atom stereocenters. The number of hydrogen-bond acceptors (Lipinski definition) is 6. The molecule has 0 aliphatic heterocycles. The largest absolute Gasteiger partial charge is 0.394 e. The highest BCUT2D eigenvalue weighted by Crippen LogP contribution is 2.07. The SMILES string of the molecule is CN(C[C@H](O)[C@@H](O)[C@H](O)[C@H](O)CO)C(=O)S. The van der Waals surface area contributed by atoms with Crippen molar-refractivity contribution in [3.63, 3.8) is 0 Å². The summed E-state index contributed by atoms with van der Waals surface area (Å²) in [7, 11) is 1.35. The lowest BCUT2D eigenvalue weighted by molar-refractivity contribution is -0.116. The summed E-state index contributed by atoms with van der Waals surface area (Å²) in [6.45, 7) is -0.995. The Kier molecular flexibility index (Phi) is 6.88. The summed E-state index contributed by atoms with van der Waals surface area (Å²) in [4.78, 5) is 11.7. The van der Waals surface area contributed by atoms with Gasteiger partial charge in [-0.2, -0.15) is 0 Å². The van der Waals surface area contributed by atoms with Gasteiger partial charge >= 0.3 is 0 Å². The first-order valence-electron chi connectivity index (χ1n) is 4.58. The van der Waals surface area contributed by atoms with E-state index < -0.39 is 36.3 Å². The molecule has 7 nitrogen and oxygen atoms in total. The van der Waals surface area contributed by atoms with Gasteiger partial charge in [0.15, 0.2) is 0 Å². The zero-order valence-electron chi connectivity index (χ0n) is 8.76. The fourth-order valence-electron chi connectivity index (χ4n) is 1.03. The molecular weight excluding hydrogens is 238 g/mol. The summed E-state index contributed by atoms with van der Waals surface area (Å²) < 4.78 is 0. The Bertz CT molecular complexity index is 229. The van der Waals surface area contributed by atoms with Crippen molar-refractivity contribution in [2.75, 3.05) is 20.2 Å². The van der Waals surface area contributed by atoms with Crippen LogP contribution in [0.4, 0.5) is 4.79 Å². The molecule has 0 spiro atoms. The van der Waals surface area contributed by atoms with Crippen LogP contribution in [0.2, 0.25) is 0 Å². The molecule has 1 amide bonds. The summed E-state index contributed by atoms with van der Waals surface area (Å²) in [6, 6.07) is 0. The highest BCUT2D eigenvalue weighted by molar-refractivity contribution is 7.96. The molecule has 0 radical (unpaired) electrons. The lowest BCUT2D eigenvalue weighted by Gasteiger charge is -2.27. The molecule has 8 heteroatoms. The quantitative estimate of drug-likeness (QED) is 0.290. The van der Waals surface area contributed by atoms with E-state index in [1.807, 2.05) is 0 Å². The number of aliphatic hydroxyl groups excluding tert-OH is 5. The number of thiol groups is 1. The molecule has 0 rings (SSSR count). The minimum atomic E-state index is -1.69. The van der Waals surface area contributed by atoms with Gasteiger partial charge in [0.2, 0.25) is 0 Å². The van der Waals surface area contributed by atoms with Crippen LogP contribution in [0, 0.1) is 0 Å². The Hall–Kier alpha value is -0.380. The Morgan fingerprint density at radius 3 is 2.00 bits per heavy atom. The molecule has 0 bridgehead atoms. The first-order chi connectivity index (χ1) is 7.31. The Balaban J connectivity index is 4.27. The Morgan fingerprint density at radius 1 is 1.19 bits per heavy atom. The average molecular weight is 255 g/mol. The fourth-order valence-corrected chi connectivity index (χ4v) is 1.11. The molecule has 0 aromatic rings. The number of likely N-dealkylation sites (N-methyl/N-ethyl adjacent to an activating group) is 1. The third kappa shape index (κ3) is 4.64. The molecule has 0 saturated carbocycles. The zero-order valence-corrected chi connectivity index (χ0v) is 9.66. The van der Waals surface area contributed by atoms with Gasteiger partial charge in [-0.25, -0.2) is 0 Å². The molecular formula is C8H17NO6S. The van der Waals surface area contributed by atoms with Crippen molar-refractivity contribution in [2.24, 2.45) is 0 Å². The minimum Gasteiger partial charge on any atom is -0.394 e. The van der Waals surface area contributed by atoms with Gasteiger partial charge < -0.3 is 30.4 Å². The fraction of sp³-hybridized carbons (Fsp3) is 0.875. The van der Waals surface area contributed by atoms with Crippen LogP contribution in [-0.4, -0.2) is 80.3 Å². The van der Waals surface area contributed by atoms with E-state index in [0.717, 1.165) is 4.90 Å². The maximum atomic E-state index is 10.7. The maximum Gasteiger partial charge on any atom is 0.278 e. The Labute approximate surface area is 98.3 Å². The normalized spacial score (nSPS) is 18.7. The molecule has 0 aliphatic carbocycles. The van der Waals surface area contributed by atoms with Gasteiger partial charge in [-0.3, -0.25) is 4.79 Å². The van der Waals surface area contributed by atoms with Gasteiger partial charge in [-0.05, 0) is 0 Å². The number of rotatable bonds is 6. The van der Waals surface area contributed by atoms with Gasteiger partial charge in [-0.15, -0.1) is 0 Å². The van der Waals surface area contributed by atoms with Crippen molar-refractivity contribution in [1.29, 1.82) is 0 Å².